The van der Waals surface area contributed by atoms with Gasteiger partial charge in [0, 0.05) is 6.04 Å². The van der Waals surface area contributed by atoms with Crippen LogP contribution < -0.4 is 10.6 Å². The summed E-state index contributed by atoms with van der Waals surface area (Å²) in [5.41, 5.74) is 1.63. The summed E-state index contributed by atoms with van der Waals surface area (Å²) in [6, 6.07) is 6.90. The van der Waals surface area contributed by atoms with Crippen molar-refractivity contribution in [3.63, 3.8) is 0 Å². The van der Waals surface area contributed by atoms with Crippen LogP contribution in [0.2, 0.25) is 0 Å². The number of aromatic amines is 1. The molecule has 1 saturated carbocycles. The number of imidazole rings is 1. The first-order chi connectivity index (χ1) is 11.8. The van der Waals surface area contributed by atoms with Gasteiger partial charge in [-0.15, -0.1) is 0 Å². The van der Waals surface area contributed by atoms with Crippen LogP contribution >= 0.6 is 0 Å². The molecule has 3 aromatic rings. The van der Waals surface area contributed by atoms with E-state index in [1.807, 2.05) is 0 Å². The maximum atomic E-state index is 13.7. The number of hydrogen-bond donors (Lipinski definition) is 3. The third-order valence-corrected chi connectivity index (χ3v) is 4.30. The highest BCUT2D eigenvalue weighted by Gasteiger charge is 2.15. The summed E-state index contributed by atoms with van der Waals surface area (Å²) in [6.07, 6.45) is 7.82. The SMILES string of the molecule is Fc1ccccc1Nc1nc2nc(NC3CCCCC3)ncc2[nH]1. The monoisotopic (exact) mass is 326 g/mol. The second-order valence-electron chi connectivity index (χ2n) is 6.10. The van der Waals surface area contributed by atoms with Crippen LogP contribution in [0.3, 0.4) is 0 Å². The van der Waals surface area contributed by atoms with E-state index in [4.69, 9.17) is 0 Å². The minimum Gasteiger partial charge on any atom is -0.351 e. The summed E-state index contributed by atoms with van der Waals surface area (Å²) < 4.78 is 13.7. The molecular weight excluding hydrogens is 307 g/mol. The van der Waals surface area contributed by atoms with Gasteiger partial charge in [0.25, 0.3) is 0 Å². The molecule has 1 aliphatic carbocycles. The van der Waals surface area contributed by atoms with Crippen molar-refractivity contribution >= 4 is 28.7 Å². The molecule has 0 bridgehead atoms. The Morgan fingerprint density at radius 3 is 2.75 bits per heavy atom. The van der Waals surface area contributed by atoms with E-state index in [1.54, 1.807) is 24.4 Å². The van der Waals surface area contributed by atoms with Gasteiger partial charge in [-0.3, -0.25) is 0 Å². The van der Waals surface area contributed by atoms with Crippen molar-refractivity contribution in [3.8, 4) is 0 Å². The molecule has 0 unspecified atom stereocenters. The molecule has 0 spiro atoms. The van der Waals surface area contributed by atoms with Crippen LogP contribution in [-0.2, 0) is 0 Å². The van der Waals surface area contributed by atoms with E-state index in [0.29, 0.717) is 34.8 Å². The zero-order valence-electron chi connectivity index (χ0n) is 13.2. The van der Waals surface area contributed by atoms with Crippen molar-refractivity contribution in [2.45, 2.75) is 38.1 Å². The first-order valence-electron chi connectivity index (χ1n) is 8.29. The molecule has 124 valence electrons. The molecule has 1 fully saturated rings. The van der Waals surface area contributed by atoms with Gasteiger partial charge in [0.15, 0.2) is 5.65 Å². The van der Waals surface area contributed by atoms with Crippen LogP contribution in [0, 0.1) is 5.82 Å². The fourth-order valence-electron chi connectivity index (χ4n) is 3.06. The van der Waals surface area contributed by atoms with Crippen LogP contribution in [0.1, 0.15) is 32.1 Å². The molecule has 1 aromatic carbocycles. The van der Waals surface area contributed by atoms with E-state index in [-0.39, 0.29) is 5.82 Å². The first-order valence-corrected chi connectivity index (χ1v) is 8.29. The van der Waals surface area contributed by atoms with Crippen LogP contribution in [0.15, 0.2) is 30.5 Å². The molecule has 4 rings (SSSR count). The lowest BCUT2D eigenvalue weighted by atomic mass is 9.96. The lowest BCUT2D eigenvalue weighted by Gasteiger charge is -2.22. The second kappa shape index (κ2) is 6.43. The summed E-state index contributed by atoms with van der Waals surface area (Å²) in [5, 5.41) is 6.32. The molecule has 1 aliphatic rings. The molecule has 24 heavy (non-hydrogen) atoms. The average molecular weight is 326 g/mol. The Morgan fingerprint density at radius 1 is 1.08 bits per heavy atom. The van der Waals surface area contributed by atoms with E-state index in [9.17, 15) is 4.39 Å². The number of para-hydroxylation sites is 1. The predicted molar refractivity (Wildman–Crippen MR) is 91.9 cm³/mol. The van der Waals surface area contributed by atoms with Crippen molar-refractivity contribution in [2.24, 2.45) is 0 Å². The van der Waals surface area contributed by atoms with E-state index >= 15 is 0 Å². The first kappa shape index (κ1) is 14.9. The normalized spacial score (nSPS) is 15.5. The van der Waals surface area contributed by atoms with E-state index in [1.165, 1.54) is 25.3 Å². The maximum Gasteiger partial charge on any atom is 0.225 e. The number of nitrogens with zero attached hydrogens (tertiary/aromatic N) is 3. The Hall–Kier alpha value is -2.70. The highest BCUT2D eigenvalue weighted by molar-refractivity contribution is 5.74. The fourth-order valence-corrected chi connectivity index (χ4v) is 3.06. The highest BCUT2D eigenvalue weighted by atomic mass is 19.1. The van der Waals surface area contributed by atoms with E-state index in [2.05, 4.69) is 30.6 Å². The van der Waals surface area contributed by atoms with Crippen molar-refractivity contribution in [3.05, 3.63) is 36.3 Å². The zero-order chi connectivity index (χ0) is 16.4. The lowest BCUT2D eigenvalue weighted by Crippen LogP contribution is -2.23. The Morgan fingerprint density at radius 2 is 1.92 bits per heavy atom. The average Bonchev–Trinajstić information content (AvgIpc) is 2.99. The Kier molecular flexibility index (Phi) is 3.98. The van der Waals surface area contributed by atoms with Gasteiger partial charge in [-0.25, -0.2) is 9.37 Å². The smallest absolute Gasteiger partial charge is 0.225 e. The number of rotatable bonds is 4. The van der Waals surface area contributed by atoms with Crippen molar-refractivity contribution < 1.29 is 4.39 Å². The molecule has 3 N–H and O–H groups in total. The molecule has 0 aliphatic heterocycles. The van der Waals surface area contributed by atoms with Crippen LogP contribution in [-0.4, -0.2) is 26.0 Å². The standard InChI is InChI=1S/C17H19FN6/c18-12-8-4-5-9-13(12)21-17-22-14-10-19-16(23-15(14)24-17)20-11-6-2-1-3-7-11/h4-5,8-11H,1-3,6-7H2,(H3,19,20,21,22,23,24). The number of nitrogens with one attached hydrogen (secondary N) is 3. The van der Waals surface area contributed by atoms with Crippen LogP contribution in [0.25, 0.3) is 11.2 Å². The molecule has 6 nitrogen and oxygen atoms in total. The van der Waals surface area contributed by atoms with Gasteiger partial charge in [0.1, 0.15) is 11.3 Å². The molecular formula is C17H19FN6. The largest absolute Gasteiger partial charge is 0.351 e. The number of halogens is 1. The van der Waals surface area contributed by atoms with Gasteiger partial charge in [-0.1, -0.05) is 31.4 Å². The molecule has 2 heterocycles. The Bertz CT molecular complexity index is 840. The molecule has 0 saturated heterocycles. The maximum absolute atomic E-state index is 13.7. The lowest BCUT2D eigenvalue weighted by molar-refractivity contribution is 0.461. The quantitative estimate of drug-likeness (QED) is 0.676. The van der Waals surface area contributed by atoms with Gasteiger partial charge in [-0.2, -0.15) is 9.97 Å². The third kappa shape index (κ3) is 3.15. The topological polar surface area (TPSA) is 78.5 Å². The van der Waals surface area contributed by atoms with Crippen molar-refractivity contribution in [1.29, 1.82) is 0 Å². The van der Waals surface area contributed by atoms with Gasteiger partial charge < -0.3 is 15.6 Å². The minimum absolute atomic E-state index is 0.330. The predicted octanol–water partition coefficient (Wildman–Crippen LogP) is 3.98. The number of benzene rings is 1. The van der Waals surface area contributed by atoms with E-state index < -0.39 is 0 Å². The number of anilines is 3. The summed E-state index contributed by atoms with van der Waals surface area (Å²) in [7, 11) is 0. The Balaban J connectivity index is 1.53. The minimum atomic E-state index is -0.330. The molecule has 0 atom stereocenters. The zero-order valence-corrected chi connectivity index (χ0v) is 13.2. The van der Waals surface area contributed by atoms with Gasteiger partial charge in [-0.05, 0) is 25.0 Å². The van der Waals surface area contributed by atoms with E-state index in [0.717, 1.165) is 12.8 Å². The Labute approximate surface area is 138 Å². The van der Waals surface area contributed by atoms with Gasteiger partial charge >= 0.3 is 0 Å². The molecule has 0 radical (unpaired) electrons. The fraction of sp³-hybridized carbons (Fsp3) is 0.353. The number of hydrogen-bond acceptors (Lipinski definition) is 5. The number of H-pyrrole nitrogens is 1. The molecule has 2 aromatic heterocycles. The summed E-state index contributed by atoms with van der Waals surface area (Å²) in [4.78, 5) is 16.2. The summed E-state index contributed by atoms with van der Waals surface area (Å²) in [5.74, 6) is 0.709. The van der Waals surface area contributed by atoms with Gasteiger partial charge in [0.05, 0.1) is 11.9 Å². The molecule has 7 heteroatoms. The van der Waals surface area contributed by atoms with Crippen molar-refractivity contribution in [2.75, 3.05) is 10.6 Å². The van der Waals surface area contributed by atoms with Crippen LogP contribution in [0.5, 0.6) is 0 Å². The highest BCUT2D eigenvalue weighted by Crippen LogP contribution is 2.22. The van der Waals surface area contributed by atoms with Crippen LogP contribution in [0.4, 0.5) is 22.0 Å². The molecule has 0 amide bonds. The number of aromatic nitrogens is 4. The van der Waals surface area contributed by atoms with Crippen molar-refractivity contribution in [1.82, 2.24) is 19.9 Å². The summed E-state index contributed by atoms with van der Waals surface area (Å²) >= 11 is 0. The third-order valence-electron chi connectivity index (χ3n) is 4.30. The van der Waals surface area contributed by atoms with Gasteiger partial charge in [0.2, 0.25) is 11.9 Å². The second-order valence-corrected chi connectivity index (χ2v) is 6.10. The number of fused-ring (bicyclic) bond motifs is 1. The summed E-state index contributed by atoms with van der Waals surface area (Å²) in [6.45, 7) is 0.